The highest BCUT2D eigenvalue weighted by molar-refractivity contribution is 7.99. The van der Waals surface area contributed by atoms with Gasteiger partial charge in [0.25, 0.3) is 0 Å². The van der Waals surface area contributed by atoms with Crippen molar-refractivity contribution in [2.45, 2.75) is 73.6 Å². The summed E-state index contributed by atoms with van der Waals surface area (Å²) < 4.78 is 4.71. The number of carbonyl (C=O) groups excluding carboxylic acids is 2. The van der Waals surface area contributed by atoms with Gasteiger partial charge in [0.05, 0.1) is 6.61 Å². The average Bonchev–Trinajstić information content (AvgIpc) is 2.87. The third-order valence-corrected chi connectivity index (χ3v) is 5.37. The summed E-state index contributed by atoms with van der Waals surface area (Å²) in [7, 11) is 0. The van der Waals surface area contributed by atoms with E-state index in [2.05, 4.69) is 76.7 Å². The van der Waals surface area contributed by atoms with Gasteiger partial charge in [-0.2, -0.15) is 11.8 Å². The number of benzene rings is 1. The molecule has 0 saturated heterocycles. The van der Waals surface area contributed by atoms with Gasteiger partial charge in [-0.3, -0.25) is 4.79 Å². The van der Waals surface area contributed by atoms with Crippen molar-refractivity contribution in [3.63, 3.8) is 0 Å². The lowest BCUT2D eigenvalue weighted by Gasteiger charge is -1.99. The molecular weight excluding hydrogens is 466 g/mol. The van der Waals surface area contributed by atoms with Crippen molar-refractivity contribution in [2.75, 3.05) is 24.7 Å². The first-order valence-corrected chi connectivity index (χ1v) is 13.9. The van der Waals surface area contributed by atoms with Gasteiger partial charge in [-0.25, -0.2) is 4.79 Å². The Labute approximate surface area is 226 Å². The number of thioether (sulfide) groups is 1. The van der Waals surface area contributed by atoms with Crippen molar-refractivity contribution in [2.24, 2.45) is 0 Å². The lowest BCUT2D eigenvalue weighted by atomic mass is 10.1. The molecule has 0 saturated carbocycles. The van der Waals surface area contributed by atoms with E-state index in [1.807, 2.05) is 31.7 Å². The van der Waals surface area contributed by atoms with E-state index in [1.165, 1.54) is 47.8 Å². The molecule has 1 amide bonds. The first-order chi connectivity index (χ1) is 17.1. The fourth-order valence-corrected chi connectivity index (χ4v) is 2.92. The van der Waals surface area contributed by atoms with E-state index in [-0.39, 0.29) is 11.9 Å². The Morgan fingerprint density at radius 1 is 0.944 bits per heavy atom. The van der Waals surface area contributed by atoms with Crippen LogP contribution in [0, 0.1) is 0 Å². The maximum absolute atomic E-state index is 10.6. The topological polar surface area (TPSA) is 55.4 Å². The van der Waals surface area contributed by atoms with Crippen molar-refractivity contribution in [1.82, 2.24) is 5.32 Å². The third-order valence-electron chi connectivity index (χ3n) is 3.97. The van der Waals surface area contributed by atoms with Gasteiger partial charge in [-0.1, -0.05) is 96.3 Å². The van der Waals surface area contributed by atoms with Crippen molar-refractivity contribution in [3.8, 4) is 0 Å². The number of amides is 1. The molecular formula is C31H51NO3S. The van der Waals surface area contributed by atoms with Crippen molar-refractivity contribution in [1.29, 1.82) is 0 Å². The molecule has 0 atom stereocenters. The van der Waals surface area contributed by atoms with Crippen LogP contribution in [0.25, 0.3) is 6.08 Å². The van der Waals surface area contributed by atoms with E-state index in [1.54, 1.807) is 6.92 Å². The van der Waals surface area contributed by atoms with Gasteiger partial charge in [0.15, 0.2) is 0 Å². The number of aryl methyl sites for hydroxylation is 1. The molecule has 0 aliphatic rings. The number of rotatable bonds is 13. The minimum atomic E-state index is -0.295. The molecule has 1 aromatic carbocycles. The normalized spacial score (nSPS) is 8.94. The molecule has 0 heterocycles. The number of hydrogen-bond acceptors (Lipinski definition) is 4. The Morgan fingerprint density at radius 3 is 1.94 bits per heavy atom. The highest BCUT2D eigenvalue weighted by Crippen LogP contribution is 2.07. The molecule has 36 heavy (non-hydrogen) atoms. The second-order valence-electron chi connectivity index (χ2n) is 8.12. The third kappa shape index (κ3) is 29.5. The van der Waals surface area contributed by atoms with Crippen molar-refractivity contribution >= 4 is 29.7 Å². The SMILES string of the molecule is C=C(C)C(=O)OCCC.C=C(C)CSCCC.C=CC(=O)NCCC.C=Cc1ccc(CCC)cc1. The molecule has 0 aliphatic heterocycles. The van der Waals surface area contributed by atoms with E-state index in [0.717, 1.165) is 25.1 Å². The Bertz CT molecular complexity index is 739. The van der Waals surface area contributed by atoms with Crippen LogP contribution in [0.2, 0.25) is 0 Å². The lowest BCUT2D eigenvalue weighted by molar-refractivity contribution is -0.138. The van der Waals surface area contributed by atoms with E-state index in [0.29, 0.717) is 12.2 Å². The predicted octanol–water partition coefficient (Wildman–Crippen LogP) is 8.20. The molecule has 1 N–H and O–H groups in total. The van der Waals surface area contributed by atoms with Gasteiger partial charge < -0.3 is 10.1 Å². The zero-order valence-electron chi connectivity index (χ0n) is 23.8. The van der Waals surface area contributed by atoms with E-state index in [9.17, 15) is 9.59 Å². The highest BCUT2D eigenvalue weighted by atomic mass is 32.2. The second kappa shape index (κ2) is 28.7. The Morgan fingerprint density at radius 2 is 1.56 bits per heavy atom. The predicted molar refractivity (Wildman–Crippen MR) is 163 cm³/mol. The summed E-state index contributed by atoms with van der Waals surface area (Å²) in [5, 5.41) is 2.62. The van der Waals surface area contributed by atoms with Crippen LogP contribution in [0.15, 0.2) is 67.8 Å². The van der Waals surface area contributed by atoms with Gasteiger partial charge in [-0.15, -0.1) is 0 Å². The van der Waals surface area contributed by atoms with Crippen molar-refractivity contribution < 1.29 is 14.3 Å². The summed E-state index contributed by atoms with van der Waals surface area (Å²) in [6.07, 6.45) is 8.65. The van der Waals surface area contributed by atoms with Crippen LogP contribution in [0.3, 0.4) is 0 Å². The molecule has 0 aliphatic carbocycles. The summed E-state index contributed by atoms with van der Waals surface area (Å²) in [4.78, 5) is 20.9. The van der Waals surface area contributed by atoms with E-state index in [4.69, 9.17) is 4.74 Å². The summed E-state index contributed by atoms with van der Waals surface area (Å²) in [5.74, 6) is 2.02. The van der Waals surface area contributed by atoms with Crippen LogP contribution in [0.5, 0.6) is 0 Å². The second-order valence-corrected chi connectivity index (χ2v) is 9.22. The van der Waals surface area contributed by atoms with Crippen LogP contribution >= 0.6 is 11.8 Å². The Balaban J connectivity index is -0.000000408. The smallest absolute Gasteiger partial charge is 0.333 e. The number of hydrogen-bond donors (Lipinski definition) is 1. The maximum Gasteiger partial charge on any atom is 0.333 e. The average molecular weight is 518 g/mol. The first kappa shape index (κ1) is 38.0. The largest absolute Gasteiger partial charge is 0.462 e. The van der Waals surface area contributed by atoms with Crippen LogP contribution in [-0.4, -0.2) is 36.5 Å². The first-order valence-electron chi connectivity index (χ1n) is 12.8. The Hall–Kier alpha value is -2.53. The van der Waals surface area contributed by atoms with Gasteiger partial charge in [0.1, 0.15) is 0 Å². The molecule has 204 valence electrons. The maximum atomic E-state index is 10.6. The van der Waals surface area contributed by atoms with Crippen LogP contribution in [-0.2, 0) is 20.7 Å². The van der Waals surface area contributed by atoms with Gasteiger partial charge in [-0.05, 0) is 62.5 Å². The zero-order chi connectivity index (χ0) is 28.2. The van der Waals surface area contributed by atoms with Crippen LogP contribution in [0.1, 0.15) is 78.4 Å². The van der Waals surface area contributed by atoms with Crippen LogP contribution < -0.4 is 5.32 Å². The quantitative estimate of drug-likeness (QED) is 0.124. The molecule has 0 fully saturated rings. The molecule has 4 nitrogen and oxygen atoms in total. The van der Waals surface area contributed by atoms with Gasteiger partial charge in [0.2, 0.25) is 5.91 Å². The van der Waals surface area contributed by atoms with Gasteiger partial charge >= 0.3 is 5.97 Å². The Kier molecular flexibility index (Phi) is 30.3. The minimum absolute atomic E-state index is 0.0909. The summed E-state index contributed by atoms with van der Waals surface area (Å²) in [5.41, 5.74) is 4.36. The molecule has 1 rings (SSSR count). The van der Waals surface area contributed by atoms with Crippen LogP contribution in [0.4, 0.5) is 0 Å². The standard InChI is InChI=1S/C11H14.C7H12O2.C7H14S.C6H11NO/c1-3-5-11-8-6-10(4-2)7-9-11;1-4-5-9-7(8)6(2)3;1-4-5-8-6-7(2)3;1-3-5-7-6(8)4-2/h4,6-9H,2-3,5H2,1H3;2,4-5H2,1,3H3;2,4-6H2,1,3H3;4H,2-3,5H2,1H3,(H,7,8). The number of nitrogens with one attached hydrogen (secondary N) is 1. The monoisotopic (exact) mass is 517 g/mol. The summed E-state index contributed by atoms with van der Waals surface area (Å²) in [6.45, 7) is 27.5. The molecule has 1 aromatic rings. The molecule has 0 bridgehead atoms. The summed E-state index contributed by atoms with van der Waals surface area (Å²) >= 11 is 1.96. The van der Waals surface area contributed by atoms with Gasteiger partial charge in [0, 0.05) is 17.9 Å². The molecule has 0 spiro atoms. The summed E-state index contributed by atoms with van der Waals surface area (Å²) in [6, 6.07) is 8.55. The zero-order valence-corrected chi connectivity index (χ0v) is 24.6. The highest BCUT2D eigenvalue weighted by Gasteiger charge is 1.99. The molecule has 0 unspecified atom stereocenters. The number of ether oxygens (including phenoxy) is 1. The number of carbonyl (C=O) groups is 2. The van der Waals surface area contributed by atoms with Crippen molar-refractivity contribution in [3.05, 3.63) is 78.9 Å². The fraction of sp³-hybridized carbons (Fsp3) is 0.484. The lowest BCUT2D eigenvalue weighted by Crippen LogP contribution is -2.20. The molecule has 0 aromatic heterocycles. The minimum Gasteiger partial charge on any atom is -0.462 e. The van der Waals surface area contributed by atoms with E-state index < -0.39 is 0 Å². The fourth-order valence-electron chi connectivity index (χ4n) is 2.14. The number of esters is 1. The molecule has 5 heteroatoms. The van der Waals surface area contributed by atoms with E-state index >= 15 is 0 Å². The molecule has 0 radical (unpaired) electrons.